The van der Waals surface area contributed by atoms with Gasteiger partial charge in [-0.05, 0) is 13.8 Å². The Bertz CT molecular complexity index is 1000. The fraction of sp³-hybridized carbons (Fsp3) is 0.600. The number of carboxylic acid groups (broad SMARTS) is 1. The minimum atomic E-state index is -2.81. The first-order valence-electron chi connectivity index (χ1n) is 8.83. The van der Waals surface area contributed by atoms with Crippen molar-refractivity contribution in [3.05, 3.63) is 6.33 Å². The van der Waals surface area contributed by atoms with Gasteiger partial charge in [0.25, 0.3) is 0 Å². The molecule has 0 amide bonds. The fourth-order valence-corrected chi connectivity index (χ4v) is 3.49. The molecule has 1 saturated heterocycles. The summed E-state index contributed by atoms with van der Waals surface area (Å²) < 4.78 is 35.1. The summed E-state index contributed by atoms with van der Waals surface area (Å²) in [5.74, 6) is -1.36. The Balaban J connectivity index is 1.76. The number of hydrogen-bond donors (Lipinski definition) is 3. The molecule has 4 N–H and O–H groups in total. The van der Waals surface area contributed by atoms with Gasteiger partial charge in [-0.1, -0.05) is 4.74 Å². The van der Waals surface area contributed by atoms with Crippen LogP contribution in [0.15, 0.2) is 11.1 Å². The first kappa shape index (κ1) is 23.1. The topological polar surface area (TPSA) is 199 Å². The number of nitrogen functional groups attached to an aromatic ring is 1. The molecule has 0 aliphatic carbocycles. The molecule has 0 saturated carbocycles. The van der Waals surface area contributed by atoms with Crippen LogP contribution in [0.4, 0.5) is 10.3 Å². The van der Waals surface area contributed by atoms with Crippen LogP contribution in [0.2, 0.25) is 0 Å². The first-order valence-corrected chi connectivity index (χ1v) is 9.96. The maximum absolute atomic E-state index is 15.4. The monoisotopic (exact) mass is 462 g/mol. The predicted molar refractivity (Wildman–Crippen MR) is 99.2 cm³/mol. The third-order valence-electron chi connectivity index (χ3n) is 4.54. The number of hydrogen-bond acceptors (Lipinski definition) is 12. The molecule has 1 fully saturated rings. The number of nitrogens with two attached hydrogens (primary N) is 1. The second-order valence-corrected chi connectivity index (χ2v) is 7.62. The normalized spacial score (nSPS) is 27.5. The SMILES string of the molecule is COc1nc(N)nc2c1ncn2[C@@H]1O[C@H](COO[P+]([O-])=N[C@@H](C)C(=O)O)[C@@H](O)[C@@]1(C)F. The van der Waals surface area contributed by atoms with Gasteiger partial charge in [0.2, 0.25) is 11.8 Å². The zero-order chi connectivity index (χ0) is 22.9. The summed E-state index contributed by atoms with van der Waals surface area (Å²) in [7, 11) is -1.45. The highest BCUT2D eigenvalue weighted by atomic mass is 31.1. The van der Waals surface area contributed by atoms with Crippen molar-refractivity contribution in [3.8, 4) is 5.88 Å². The van der Waals surface area contributed by atoms with Crippen LogP contribution >= 0.6 is 8.17 Å². The van der Waals surface area contributed by atoms with Crippen molar-refractivity contribution in [2.45, 2.75) is 44.0 Å². The summed E-state index contributed by atoms with van der Waals surface area (Å²) in [6, 6.07) is -1.28. The van der Waals surface area contributed by atoms with E-state index in [-0.39, 0.29) is 23.0 Å². The van der Waals surface area contributed by atoms with Crippen LogP contribution in [-0.2, 0) is 19.1 Å². The van der Waals surface area contributed by atoms with E-state index in [1.54, 1.807) is 0 Å². The molecule has 3 heterocycles. The highest BCUT2D eigenvalue weighted by molar-refractivity contribution is 7.33. The van der Waals surface area contributed by atoms with Crippen LogP contribution in [-0.4, -0.2) is 73.3 Å². The average Bonchev–Trinajstić information content (AvgIpc) is 3.20. The Kier molecular flexibility index (Phi) is 6.64. The average molecular weight is 462 g/mol. The molecule has 14 nitrogen and oxygen atoms in total. The summed E-state index contributed by atoms with van der Waals surface area (Å²) >= 11 is 0. The van der Waals surface area contributed by atoms with E-state index in [4.69, 9.17) is 25.2 Å². The maximum atomic E-state index is 15.4. The number of aliphatic hydroxyl groups excluding tert-OH is 1. The van der Waals surface area contributed by atoms with Gasteiger partial charge in [-0.15, -0.1) is 0 Å². The Morgan fingerprint density at radius 2 is 2.29 bits per heavy atom. The van der Waals surface area contributed by atoms with Gasteiger partial charge >= 0.3 is 14.1 Å². The van der Waals surface area contributed by atoms with Crippen molar-refractivity contribution in [1.82, 2.24) is 19.5 Å². The number of aliphatic hydroxyl groups is 1. The second-order valence-electron chi connectivity index (χ2n) is 6.76. The van der Waals surface area contributed by atoms with E-state index in [2.05, 4.69) is 24.4 Å². The van der Waals surface area contributed by atoms with Gasteiger partial charge in [0.1, 0.15) is 18.8 Å². The summed E-state index contributed by atoms with van der Waals surface area (Å²) in [5.41, 5.74) is 3.67. The number of halogens is 1. The third-order valence-corrected chi connectivity index (χ3v) is 5.31. The zero-order valence-corrected chi connectivity index (χ0v) is 17.5. The number of anilines is 1. The zero-order valence-electron chi connectivity index (χ0n) is 16.6. The lowest BCUT2D eigenvalue weighted by molar-refractivity contribution is -0.277. The molecule has 16 heteroatoms. The Morgan fingerprint density at radius 1 is 1.58 bits per heavy atom. The van der Waals surface area contributed by atoms with Crippen LogP contribution in [0, 0.1) is 0 Å². The molecular formula is C15H20FN6O8P. The van der Waals surface area contributed by atoms with Crippen molar-refractivity contribution < 1.29 is 43.3 Å². The van der Waals surface area contributed by atoms with E-state index in [0.717, 1.165) is 6.92 Å². The number of imidazole rings is 1. The standard InChI is InChI=1S/C15H20FN6O8P/c1-6(12(24)25)21-31(26)30-28-4-7-9(23)15(2,16)13(29-7)22-5-18-8-10(22)19-14(17)20-11(8)27-3/h5-7,9,13,23H,4H2,1-3H3,(H,24,25)(H2,17,19,20)/t6-,7+,9+,13+,15+/m0/s1. The van der Waals surface area contributed by atoms with Crippen molar-refractivity contribution in [3.63, 3.8) is 0 Å². The quantitative estimate of drug-likeness (QED) is 0.263. The van der Waals surface area contributed by atoms with E-state index in [0.29, 0.717) is 0 Å². The Morgan fingerprint density at radius 3 is 2.94 bits per heavy atom. The number of carbonyl (C=O) groups is 1. The minimum Gasteiger partial charge on any atom is -0.581 e. The lowest BCUT2D eigenvalue weighted by Crippen LogP contribution is -2.40. The number of carboxylic acids is 1. The van der Waals surface area contributed by atoms with Gasteiger partial charge in [-0.25, -0.2) is 14.2 Å². The van der Waals surface area contributed by atoms with Crippen molar-refractivity contribution in [2.75, 3.05) is 19.5 Å². The second kappa shape index (κ2) is 8.90. The number of ether oxygens (including phenoxy) is 2. The highest BCUT2D eigenvalue weighted by Crippen LogP contribution is 2.43. The van der Waals surface area contributed by atoms with Crippen LogP contribution in [0.3, 0.4) is 0 Å². The number of alkyl halides is 1. The lowest BCUT2D eigenvalue weighted by Gasteiger charge is -2.24. The predicted octanol–water partition coefficient (Wildman–Crippen LogP) is -0.319. The van der Waals surface area contributed by atoms with E-state index in [1.165, 1.54) is 24.9 Å². The van der Waals surface area contributed by atoms with E-state index in [9.17, 15) is 14.8 Å². The molecule has 0 radical (unpaired) electrons. The third kappa shape index (κ3) is 4.56. The van der Waals surface area contributed by atoms with Crippen molar-refractivity contribution >= 4 is 31.2 Å². The maximum Gasteiger partial charge on any atom is 0.382 e. The molecule has 1 unspecified atom stereocenters. The molecule has 170 valence electrons. The van der Waals surface area contributed by atoms with Gasteiger partial charge in [-0.2, -0.15) is 14.9 Å². The lowest BCUT2D eigenvalue weighted by atomic mass is 9.98. The van der Waals surface area contributed by atoms with Crippen molar-refractivity contribution in [2.24, 2.45) is 4.74 Å². The molecule has 2 aromatic heterocycles. The fourth-order valence-electron chi connectivity index (χ4n) is 2.92. The van der Waals surface area contributed by atoms with E-state index < -0.39 is 50.9 Å². The molecule has 0 aromatic carbocycles. The summed E-state index contributed by atoms with van der Waals surface area (Å²) in [6.45, 7) is 1.78. The molecule has 2 aromatic rings. The van der Waals surface area contributed by atoms with Crippen molar-refractivity contribution in [1.29, 1.82) is 0 Å². The van der Waals surface area contributed by atoms with Gasteiger partial charge in [0.05, 0.1) is 13.4 Å². The first-order chi connectivity index (χ1) is 14.6. The number of aliphatic carboxylic acids is 1. The van der Waals surface area contributed by atoms with E-state index in [1.807, 2.05) is 0 Å². The van der Waals surface area contributed by atoms with E-state index >= 15 is 4.39 Å². The Labute approximate surface area is 175 Å². The highest BCUT2D eigenvalue weighted by Gasteiger charge is 2.55. The molecule has 1 aliphatic rings. The van der Waals surface area contributed by atoms with Gasteiger partial charge in [-0.3, -0.25) is 4.57 Å². The number of methoxy groups -OCH3 is 1. The molecule has 1 aliphatic heterocycles. The number of rotatable bonds is 8. The van der Waals surface area contributed by atoms with Crippen LogP contribution in [0.1, 0.15) is 20.1 Å². The Hall–Kier alpha value is -2.55. The van der Waals surface area contributed by atoms with Gasteiger partial charge in [0, 0.05) is 4.67 Å². The largest absolute Gasteiger partial charge is 0.581 e. The van der Waals surface area contributed by atoms with Crippen LogP contribution in [0.5, 0.6) is 5.88 Å². The smallest absolute Gasteiger partial charge is 0.382 e. The summed E-state index contributed by atoms with van der Waals surface area (Å²) in [5, 5.41) is 19.1. The summed E-state index contributed by atoms with van der Waals surface area (Å²) in [6.07, 6.45) is -3.06. The number of aromatic nitrogens is 4. The van der Waals surface area contributed by atoms with Crippen LogP contribution in [0.25, 0.3) is 11.2 Å². The van der Waals surface area contributed by atoms with Gasteiger partial charge in [0.15, 0.2) is 29.1 Å². The molecule has 6 atom stereocenters. The molecule has 0 spiro atoms. The van der Waals surface area contributed by atoms with Gasteiger partial charge < -0.3 is 30.3 Å². The molecule has 3 rings (SSSR count). The molecular weight excluding hydrogens is 442 g/mol. The number of fused-ring (bicyclic) bond motifs is 1. The minimum absolute atomic E-state index is 0.0804. The number of nitrogens with zero attached hydrogens (tertiary/aromatic N) is 5. The molecule has 31 heavy (non-hydrogen) atoms. The van der Waals surface area contributed by atoms with Crippen LogP contribution < -0.4 is 15.4 Å². The molecule has 0 bridgehead atoms. The summed E-state index contributed by atoms with van der Waals surface area (Å²) in [4.78, 5) is 39.0.